The Kier molecular flexibility index (Phi) is 16.7. The normalized spacial score (nSPS) is 14.8. The van der Waals surface area contributed by atoms with Crippen molar-refractivity contribution in [3.63, 3.8) is 0 Å². The molecule has 0 spiro atoms. The zero-order valence-electron chi connectivity index (χ0n) is 20.2. The molecule has 0 aliphatic carbocycles. The van der Waals surface area contributed by atoms with E-state index >= 15 is 0 Å². The van der Waals surface area contributed by atoms with Crippen LogP contribution in [0.3, 0.4) is 0 Å². The Morgan fingerprint density at radius 2 is 1.18 bits per heavy atom. The SMILES string of the molecule is CCCCCCCCC/C=C/C=C/C=C/C=C/C=C/C(=O)C(O)C(O)C(O)(C(C)=O)C(C)=O. The molecule has 2 unspecified atom stereocenters. The zero-order chi connectivity index (χ0) is 25.1. The van der Waals surface area contributed by atoms with Gasteiger partial charge in [-0.15, -0.1) is 0 Å². The maximum absolute atomic E-state index is 11.9. The molecular formula is C27H40O6. The number of aliphatic hydroxyl groups is 3. The van der Waals surface area contributed by atoms with Crippen molar-refractivity contribution >= 4 is 17.3 Å². The smallest absolute Gasteiger partial charge is 0.209 e. The van der Waals surface area contributed by atoms with E-state index in [-0.39, 0.29) is 0 Å². The van der Waals surface area contributed by atoms with Crippen molar-refractivity contribution in [1.29, 1.82) is 0 Å². The number of hydrogen-bond donors (Lipinski definition) is 3. The van der Waals surface area contributed by atoms with Crippen LogP contribution in [-0.4, -0.2) is 50.5 Å². The summed E-state index contributed by atoms with van der Waals surface area (Å²) in [5.74, 6) is -3.05. The summed E-state index contributed by atoms with van der Waals surface area (Å²) in [7, 11) is 0. The van der Waals surface area contributed by atoms with Crippen LogP contribution in [0.15, 0.2) is 60.8 Å². The van der Waals surface area contributed by atoms with Crippen LogP contribution in [0, 0.1) is 0 Å². The number of aliphatic hydroxyl groups excluding tert-OH is 2. The molecule has 0 radical (unpaired) electrons. The lowest BCUT2D eigenvalue weighted by atomic mass is 9.84. The lowest BCUT2D eigenvalue weighted by Gasteiger charge is -2.29. The van der Waals surface area contributed by atoms with Gasteiger partial charge in [0.05, 0.1) is 0 Å². The minimum Gasteiger partial charge on any atom is -0.386 e. The third-order valence-corrected chi connectivity index (χ3v) is 5.24. The summed E-state index contributed by atoms with van der Waals surface area (Å²) in [5.41, 5.74) is -2.82. The zero-order valence-corrected chi connectivity index (χ0v) is 20.2. The second kappa shape index (κ2) is 18.1. The van der Waals surface area contributed by atoms with Gasteiger partial charge in [-0.2, -0.15) is 0 Å². The summed E-state index contributed by atoms with van der Waals surface area (Å²) in [6.07, 6.45) is 22.9. The minimum absolute atomic E-state index is 0.896. The molecule has 0 aromatic rings. The molecule has 2 atom stereocenters. The number of unbranched alkanes of at least 4 members (excludes halogenated alkanes) is 7. The molecule has 3 N–H and O–H groups in total. The predicted molar refractivity (Wildman–Crippen MR) is 132 cm³/mol. The summed E-state index contributed by atoms with van der Waals surface area (Å²) in [6, 6.07) is 0. The summed E-state index contributed by atoms with van der Waals surface area (Å²) in [4.78, 5) is 34.9. The molecule has 33 heavy (non-hydrogen) atoms. The van der Waals surface area contributed by atoms with E-state index in [1.807, 2.05) is 24.3 Å². The van der Waals surface area contributed by atoms with Gasteiger partial charge in [-0.3, -0.25) is 14.4 Å². The van der Waals surface area contributed by atoms with E-state index in [1.165, 1.54) is 51.0 Å². The van der Waals surface area contributed by atoms with Crippen molar-refractivity contribution < 1.29 is 29.7 Å². The summed E-state index contributed by atoms with van der Waals surface area (Å²) in [5, 5.41) is 29.9. The van der Waals surface area contributed by atoms with E-state index in [0.717, 1.165) is 26.3 Å². The minimum atomic E-state index is -2.82. The molecular weight excluding hydrogens is 420 g/mol. The fourth-order valence-electron chi connectivity index (χ4n) is 3.08. The molecule has 0 aromatic carbocycles. The van der Waals surface area contributed by atoms with Crippen molar-refractivity contribution in [2.24, 2.45) is 0 Å². The molecule has 0 amide bonds. The largest absolute Gasteiger partial charge is 0.386 e. The molecule has 184 valence electrons. The highest BCUT2D eigenvalue weighted by Gasteiger charge is 2.49. The Morgan fingerprint density at radius 1 is 0.727 bits per heavy atom. The highest BCUT2D eigenvalue weighted by molar-refractivity contribution is 6.10. The van der Waals surface area contributed by atoms with Gasteiger partial charge >= 0.3 is 0 Å². The van der Waals surface area contributed by atoms with Crippen molar-refractivity contribution in [3.8, 4) is 0 Å². The first-order valence-electron chi connectivity index (χ1n) is 11.7. The number of hydrogen-bond acceptors (Lipinski definition) is 6. The van der Waals surface area contributed by atoms with Gasteiger partial charge in [-0.1, -0.05) is 100 Å². The topological polar surface area (TPSA) is 112 Å². The fourth-order valence-corrected chi connectivity index (χ4v) is 3.08. The molecule has 0 heterocycles. The Morgan fingerprint density at radius 3 is 1.70 bits per heavy atom. The molecule has 0 aliphatic heterocycles. The Balaban J connectivity index is 4.29. The number of ketones is 3. The van der Waals surface area contributed by atoms with Gasteiger partial charge in [0.2, 0.25) is 5.60 Å². The molecule has 0 rings (SSSR count). The second-order valence-corrected chi connectivity index (χ2v) is 8.02. The van der Waals surface area contributed by atoms with Gasteiger partial charge in [0, 0.05) is 0 Å². The van der Waals surface area contributed by atoms with Crippen LogP contribution in [0.1, 0.15) is 72.1 Å². The van der Waals surface area contributed by atoms with E-state index in [9.17, 15) is 29.7 Å². The lowest BCUT2D eigenvalue weighted by molar-refractivity contribution is -0.171. The quantitative estimate of drug-likeness (QED) is 0.123. The van der Waals surface area contributed by atoms with Gasteiger partial charge in [0.25, 0.3) is 0 Å². The van der Waals surface area contributed by atoms with Gasteiger partial charge in [-0.05, 0) is 32.8 Å². The number of allylic oxidation sites excluding steroid dienone is 9. The Labute approximate surface area is 198 Å². The number of carbonyl (C=O) groups is 3. The van der Waals surface area contributed by atoms with Crippen LogP contribution >= 0.6 is 0 Å². The molecule has 6 nitrogen and oxygen atoms in total. The van der Waals surface area contributed by atoms with Crippen molar-refractivity contribution in [1.82, 2.24) is 0 Å². The van der Waals surface area contributed by atoms with Crippen LogP contribution in [-0.2, 0) is 14.4 Å². The first kappa shape index (κ1) is 30.6. The lowest BCUT2D eigenvalue weighted by Crippen LogP contribution is -2.59. The Hall–Kier alpha value is -2.41. The average molecular weight is 461 g/mol. The Bertz CT molecular complexity index is 728. The van der Waals surface area contributed by atoms with Crippen LogP contribution in [0.5, 0.6) is 0 Å². The monoisotopic (exact) mass is 460 g/mol. The molecule has 0 fully saturated rings. The molecule has 0 aromatic heterocycles. The number of carbonyl (C=O) groups excluding carboxylic acids is 3. The van der Waals surface area contributed by atoms with Crippen LogP contribution in [0.25, 0.3) is 0 Å². The van der Waals surface area contributed by atoms with Gasteiger partial charge in [-0.25, -0.2) is 0 Å². The maximum atomic E-state index is 11.9. The predicted octanol–water partition coefficient (Wildman–Crippen LogP) is 4.11. The standard InChI is InChI=1S/C27H40O6/c1-4-5-6-7-8-9-10-11-12-13-14-15-16-17-18-19-20-21-24(30)25(31)26(32)27(33,22(2)28)23(3)29/h12-21,25-26,31-33H,4-11H2,1-3H3/b13-12+,15-14+,17-16+,19-18+,21-20+. The highest BCUT2D eigenvalue weighted by Crippen LogP contribution is 2.18. The van der Waals surface area contributed by atoms with E-state index in [1.54, 1.807) is 18.2 Å². The molecule has 6 heteroatoms. The van der Waals surface area contributed by atoms with E-state index < -0.39 is 35.2 Å². The summed E-state index contributed by atoms with van der Waals surface area (Å²) in [6.45, 7) is 4.02. The van der Waals surface area contributed by atoms with Crippen molar-refractivity contribution in [3.05, 3.63) is 60.8 Å². The summed E-state index contributed by atoms with van der Waals surface area (Å²) < 4.78 is 0. The average Bonchev–Trinajstić information content (AvgIpc) is 2.78. The van der Waals surface area contributed by atoms with Crippen LogP contribution in [0.4, 0.5) is 0 Å². The second-order valence-electron chi connectivity index (χ2n) is 8.02. The van der Waals surface area contributed by atoms with Crippen molar-refractivity contribution in [2.75, 3.05) is 0 Å². The van der Waals surface area contributed by atoms with Gasteiger partial charge in [0.1, 0.15) is 12.2 Å². The van der Waals surface area contributed by atoms with Crippen molar-refractivity contribution in [2.45, 2.75) is 89.9 Å². The van der Waals surface area contributed by atoms with E-state index in [2.05, 4.69) is 13.0 Å². The molecule has 0 aliphatic rings. The fraction of sp³-hybridized carbons (Fsp3) is 0.519. The first-order chi connectivity index (χ1) is 15.7. The summed E-state index contributed by atoms with van der Waals surface area (Å²) >= 11 is 0. The molecule has 0 saturated carbocycles. The maximum Gasteiger partial charge on any atom is 0.209 e. The molecule has 0 bridgehead atoms. The van der Waals surface area contributed by atoms with Gasteiger partial charge in [0.15, 0.2) is 17.3 Å². The first-order valence-corrected chi connectivity index (χ1v) is 11.7. The van der Waals surface area contributed by atoms with Crippen LogP contribution in [0.2, 0.25) is 0 Å². The third-order valence-electron chi connectivity index (χ3n) is 5.24. The van der Waals surface area contributed by atoms with E-state index in [0.29, 0.717) is 0 Å². The van der Waals surface area contributed by atoms with E-state index in [4.69, 9.17) is 0 Å². The highest BCUT2D eigenvalue weighted by atomic mass is 16.4. The molecule has 0 saturated heterocycles. The van der Waals surface area contributed by atoms with Crippen LogP contribution < -0.4 is 0 Å². The number of rotatable bonds is 18. The van der Waals surface area contributed by atoms with Gasteiger partial charge < -0.3 is 15.3 Å². The third kappa shape index (κ3) is 12.4. The number of Topliss-reactive ketones (excluding diaryl/α,β-unsaturated/α-hetero) is 2.